The summed E-state index contributed by atoms with van der Waals surface area (Å²) in [6.45, 7) is 2.04. The van der Waals surface area contributed by atoms with Gasteiger partial charge < -0.3 is 15.3 Å². The van der Waals surface area contributed by atoms with Gasteiger partial charge in [-0.1, -0.05) is 25.8 Å². The topological polar surface area (TPSA) is 110 Å². The number of aromatic hydroxyl groups is 1. The molecule has 122 valence electrons. The lowest BCUT2D eigenvalue weighted by Gasteiger charge is -2.17. The quantitative estimate of drug-likeness (QED) is 0.632. The third-order valence-electron chi connectivity index (χ3n) is 3.37. The molecule has 0 saturated heterocycles. The minimum absolute atomic E-state index is 0.0309. The maximum absolute atomic E-state index is 11.8. The van der Waals surface area contributed by atoms with E-state index in [0.29, 0.717) is 18.4 Å². The number of aliphatic hydroxyl groups is 2. The van der Waals surface area contributed by atoms with Crippen molar-refractivity contribution in [2.75, 3.05) is 4.31 Å². The maximum Gasteiger partial charge on any atom is 0.330 e. The molecule has 0 fully saturated rings. The molecule has 0 spiro atoms. The van der Waals surface area contributed by atoms with E-state index < -0.39 is 22.2 Å². The van der Waals surface area contributed by atoms with Crippen LogP contribution in [0.15, 0.2) is 30.3 Å². The molecule has 1 unspecified atom stereocenters. The van der Waals surface area contributed by atoms with E-state index in [-0.39, 0.29) is 11.4 Å². The third-order valence-corrected chi connectivity index (χ3v) is 4.66. The normalized spacial score (nSPS) is 17.9. The summed E-state index contributed by atoms with van der Waals surface area (Å²) in [4.78, 5) is 0. The fourth-order valence-corrected chi connectivity index (χ4v) is 3.35. The highest BCUT2D eigenvalue weighted by atomic mass is 32.2. The van der Waals surface area contributed by atoms with Crippen LogP contribution in [0.1, 0.15) is 31.7 Å². The molecule has 1 atom stereocenters. The standard InChI is InChI=1S/C14H20N2O5S/c1-2-3-4-11(17)7-10-5-6-12(13(18)8-10)16-9-14(19)15-22(16,20)21/h5-6,8-9,11,15,17-19H,2-4,7H2,1H3. The number of anilines is 1. The summed E-state index contributed by atoms with van der Waals surface area (Å²) in [6, 6.07) is 4.50. The molecule has 0 bridgehead atoms. The molecule has 1 aliphatic heterocycles. The molecule has 0 amide bonds. The van der Waals surface area contributed by atoms with E-state index in [1.54, 1.807) is 6.07 Å². The van der Waals surface area contributed by atoms with Crippen molar-refractivity contribution in [1.29, 1.82) is 0 Å². The molecule has 0 aliphatic carbocycles. The molecule has 0 saturated carbocycles. The van der Waals surface area contributed by atoms with Crippen molar-refractivity contribution < 1.29 is 23.7 Å². The van der Waals surface area contributed by atoms with E-state index in [2.05, 4.69) is 0 Å². The van der Waals surface area contributed by atoms with Gasteiger partial charge in [0.05, 0.1) is 12.3 Å². The van der Waals surface area contributed by atoms with Gasteiger partial charge in [-0.15, -0.1) is 0 Å². The van der Waals surface area contributed by atoms with Gasteiger partial charge >= 0.3 is 10.2 Å². The van der Waals surface area contributed by atoms with Gasteiger partial charge in [-0.05, 0) is 30.5 Å². The molecule has 8 heteroatoms. The van der Waals surface area contributed by atoms with Crippen LogP contribution in [0.2, 0.25) is 0 Å². The molecule has 1 aromatic rings. The Morgan fingerprint density at radius 3 is 2.59 bits per heavy atom. The SMILES string of the molecule is CCCCC(O)Cc1ccc(N2C=C(O)NS2(=O)=O)c(O)c1. The lowest BCUT2D eigenvalue weighted by Crippen LogP contribution is -2.29. The highest BCUT2D eigenvalue weighted by Gasteiger charge is 2.30. The van der Waals surface area contributed by atoms with Crippen LogP contribution in [0.4, 0.5) is 5.69 Å². The summed E-state index contributed by atoms with van der Waals surface area (Å²) in [5, 5.41) is 29.2. The first-order valence-electron chi connectivity index (χ1n) is 7.06. The van der Waals surface area contributed by atoms with E-state index >= 15 is 0 Å². The molecule has 1 aliphatic rings. The van der Waals surface area contributed by atoms with Crippen molar-refractivity contribution in [2.24, 2.45) is 0 Å². The number of nitrogens with zero attached hydrogens (tertiary/aromatic N) is 1. The summed E-state index contributed by atoms with van der Waals surface area (Å²) in [6.07, 6.45) is 3.47. The molecule has 7 nitrogen and oxygen atoms in total. The van der Waals surface area contributed by atoms with Gasteiger partial charge in [-0.2, -0.15) is 8.42 Å². The van der Waals surface area contributed by atoms with E-state index in [9.17, 15) is 23.7 Å². The second-order valence-electron chi connectivity index (χ2n) is 5.24. The fraction of sp³-hybridized carbons (Fsp3) is 0.429. The molecule has 2 rings (SSSR count). The number of phenols is 1. The van der Waals surface area contributed by atoms with Gasteiger partial charge in [0.1, 0.15) is 11.4 Å². The highest BCUT2D eigenvalue weighted by Crippen LogP contribution is 2.32. The first-order valence-corrected chi connectivity index (χ1v) is 8.50. The van der Waals surface area contributed by atoms with Gasteiger partial charge in [-0.3, -0.25) is 0 Å². The van der Waals surface area contributed by atoms with E-state index in [0.717, 1.165) is 23.3 Å². The van der Waals surface area contributed by atoms with Crippen molar-refractivity contribution in [1.82, 2.24) is 4.72 Å². The lowest BCUT2D eigenvalue weighted by atomic mass is 10.0. The maximum atomic E-state index is 11.8. The Labute approximate surface area is 129 Å². The van der Waals surface area contributed by atoms with E-state index in [1.807, 2.05) is 11.6 Å². The summed E-state index contributed by atoms with van der Waals surface area (Å²) in [7, 11) is -3.93. The average molecular weight is 328 g/mol. The van der Waals surface area contributed by atoms with Gasteiger partial charge in [0, 0.05) is 0 Å². The number of hydrogen-bond donors (Lipinski definition) is 4. The molecule has 1 aromatic carbocycles. The Kier molecular flexibility index (Phi) is 4.82. The molecule has 22 heavy (non-hydrogen) atoms. The Balaban J connectivity index is 2.17. The molecule has 4 N–H and O–H groups in total. The number of phenolic OH excluding ortho intramolecular Hbond substituents is 1. The Morgan fingerprint density at radius 1 is 1.32 bits per heavy atom. The molecular weight excluding hydrogens is 308 g/mol. The predicted octanol–water partition coefficient (Wildman–Crippen LogP) is 1.50. The Hall–Kier alpha value is -1.93. The van der Waals surface area contributed by atoms with Crippen LogP contribution in [0, 0.1) is 0 Å². The summed E-state index contributed by atoms with van der Waals surface area (Å²) in [5.74, 6) is -0.755. The van der Waals surface area contributed by atoms with Gasteiger partial charge in [0.25, 0.3) is 0 Å². The van der Waals surface area contributed by atoms with Crippen molar-refractivity contribution in [2.45, 2.75) is 38.7 Å². The smallest absolute Gasteiger partial charge is 0.330 e. The number of aliphatic hydroxyl groups excluding tert-OH is 2. The fourth-order valence-electron chi connectivity index (χ4n) is 2.28. The molecule has 1 heterocycles. The van der Waals surface area contributed by atoms with Crippen LogP contribution in [-0.2, 0) is 16.6 Å². The zero-order chi connectivity index (χ0) is 16.3. The monoisotopic (exact) mass is 328 g/mol. The van der Waals surface area contributed by atoms with Crippen molar-refractivity contribution in [3.8, 4) is 5.75 Å². The summed E-state index contributed by atoms with van der Waals surface area (Å²) < 4.78 is 26.2. The summed E-state index contributed by atoms with van der Waals surface area (Å²) >= 11 is 0. The first kappa shape index (κ1) is 16.4. The van der Waals surface area contributed by atoms with Crippen LogP contribution in [0.5, 0.6) is 5.75 Å². The number of hydrogen-bond acceptors (Lipinski definition) is 5. The van der Waals surface area contributed by atoms with Gasteiger partial charge in [0.15, 0.2) is 0 Å². The second-order valence-corrected chi connectivity index (χ2v) is 6.79. The van der Waals surface area contributed by atoms with Crippen LogP contribution >= 0.6 is 0 Å². The van der Waals surface area contributed by atoms with Crippen molar-refractivity contribution in [3.63, 3.8) is 0 Å². The first-order chi connectivity index (χ1) is 10.3. The molecule has 0 radical (unpaired) electrons. The van der Waals surface area contributed by atoms with Crippen molar-refractivity contribution >= 4 is 15.9 Å². The number of unbranched alkanes of at least 4 members (excludes halogenated alkanes) is 1. The van der Waals surface area contributed by atoms with Crippen LogP contribution in [0.3, 0.4) is 0 Å². The lowest BCUT2D eigenvalue weighted by molar-refractivity contribution is 0.161. The zero-order valence-electron chi connectivity index (χ0n) is 12.2. The minimum Gasteiger partial charge on any atom is -0.506 e. The largest absolute Gasteiger partial charge is 0.506 e. The number of benzene rings is 1. The Morgan fingerprint density at radius 2 is 2.05 bits per heavy atom. The number of nitrogens with one attached hydrogen (secondary N) is 1. The molecule has 0 aromatic heterocycles. The van der Waals surface area contributed by atoms with Gasteiger partial charge in [-0.25, -0.2) is 9.03 Å². The predicted molar refractivity (Wildman–Crippen MR) is 82.6 cm³/mol. The third kappa shape index (κ3) is 3.63. The van der Waals surface area contributed by atoms with Crippen LogP contribution in [0.25, 0.3) is 0 Å². The summed E-state index contributed by atoms with van der Waals surface area (Å²) in [5.41, 5.74) is 0.742. The van der Waals surface area contributed by atoms with Crippen molar-refractivity contribution in [3.05, 3.63) is 35.8 Å². The highest BCUT2D eigenvalue weighted by molar-refractivity contribution is 7.91. The van der Waals surface area contributed by atoms with E-state index in [4.69, 9.17) is 0 Å². The number of rotatable bonds is 6. The van der Waals surface area contributed by atoms with Gasteiger partial charge in [0.2, 0.25) is 5.88 Å². The van der Waals surface area contributed by atoms with Crippen LogP contribution < -0.4 is 9.03 Å². The zero-order valence-corrected chi connectivity index (χ0v) is 13.0. The van der Waals surface area contributed by atoms with E-state index in [1.165, 1.54) is 12.1 Å². The average Bonchev–Trinajstić information content (AvgIpc) is 2.69. The molecular formula is C14H20N2O5S. The minimum atomic E-state index is -3.93. The second kappa shape index (κ2) is 6.45. The Bertz CT molecular complexity index is 672. The van der Waals surface area contributed by atoms with Crippen LogP contribution in [-0.4, -0.2) is 29.8 Å².